The van der Waals surface area contributed by atoms with Crippen LogP contribution in [0.1, 0.15) is 10.4 Å². The van der Waals surface area contributed by atoms with Crippen LogP contribution >= 0.6 is 11.6 Å². The maximum atomic E-state index is 13.6. The molecule has 5 rings (SSSR count). The van der Waals surface area contributed by atoms with Gasteiger partial charge in [-0.25, -0.2) is 9.78 Å². The first-order valence-electron chi connectivity index (χ1n) is 11.1. The molecule has 0 aliphatic carbocycles. The number of pyridine rings is 1. The van der Waals surface area contributed by atoms with E-state index < -0.39 is 0 Å². The van der Waals surface area contributed by atoms with Crippen LogP contribution in [0.4, 0.5) is 10.5 Å². The highest BCUT2D eigenvalue weighted by Gasteiger charge is 2.26. The van der Waals surface area contributed by atoms with Crippen LogP contribution in [0.15, 0.2) is 84.9 Å². The molecule has 4 aromatic rings. The summed E-state index contributed by atoms with van der Waals surface area (Å²) in [5.74, 6) is -0.0503. The molecule has 7 heteroatoms. The largest absolute Gasteiger partial charge is 0.335 e. The van der Waals surface area contributed by atoms with Crippen LogP contribution in [-0.4, -0.2) is 52.9 Å². The molecule has 0 saturated carbocycles. The molecule has 1 saturated heterocycles. The minimum atomic E-state index is -0.199. The molecule has 34 heavy (non-hydrogen) atoms. The summed E-state index contributed by atoms with van der Waals surface area (Å²) in [4.78, 5) is 34.5. The molecule has 1 aliphatic heterocycles. The van der Waals surface area contributed by atoms with Crippen LogP contribution in [-0.2, 0) is 0 Å². The molecule has 0 spiro atoms. The van der Waals surface area contributed by atoms with E-state index >= 15 is 0 Å². The molecular weight excluding hydrogens is 448 g/mol. The average Bonchev–Trinajstić information content (AvgIpc) is 2.88. The van der Waals surface area contributed by atoms with Crippen molar-refractivity contribution in [1.82, 2.24) is 14.8 Å². The van der Waals surface area contributed by atoms with Gasteiger partial charge < -0.3 is 15.1 Å². The minimum absolute atomic E-state index is 0.0503. The third-order valence-electron chi connectivity index (χ3n) is 5.95. The van der Waals surface area contributed by atoms with Crippen molar-refractivity contribution in [2.24, 2.45) is 0 Å². The number of halogens is 1. The number of piperazine rings is 1. The molecule has 1 N–H and O–H groups in total. The summed E-state index contributed by atoms with van der Waals surface area (Å²) in [6, 6.07) is 26.3. The number of hydrogen-bond acceptors (Lipinski definition) is 3. The van der Waals surface area contributed by atoms with E-state index in [-0.39, 0.29) is 11.9 Å². The second-order valence-corrected chi connectivity index (χ2v) is 8.59. The Hall–Kier alpha value is -3.90. The molecule has 3 amide bonds. The van der Waals surface area contributed by atoms with Crippen molar-refractivity contribution < 1.29 is 9.59 Å². The Morgan fingerprint density at radius 1 is 0.794 bits per heavy atom. The number of hydrogen-bond donors (Lipinski definition) is 1. The Kier molecular flexibility index (Phi) is 6.14. The highest BCUT2D eigenvalue weighted by molar-refractivity contribution is 6.30. The number of carbonyl (C=O) groups excluding carboxylic acids is 2. The van der Waals surface area contributed by atoms with Crippen LogP contribution < -0.4 is 5.32 Å². The number of nitrogens with zero attached hydrogens (tertiary/aromatic N) is 3. The van der Waals surface area contributed by atoms with Crippen LogP contribution in [0.25, 0.3) is 22.2 Å². The van der Waals surface area contributed by atoms with Crippen LogP contribution in [0, 0.1) is 0 Å². The van der Waals surface area contributed by atoms with Gasteiger partial charge in [0.2, 0.25) is 0 Å². The number of carbonyl (C=O) groups is 2. The second kappa shape index (κ2) is 9.53. The van der Waals surface area contributed by atoms with Crippen molar-refractivity contribution >= 4 is 40.1 Å². The van der Waals surface area contributed by atoms with Gasteiger partial charge in [0, 0.05) is 47.8 Å². The molecule has 0 radical (unpaired) electrons. The Bertz CT molecular complexity index is 1350. The summed E-state index contributed by atoms with van der Waals surface area (Å²) in [6.07, 6.45) is 0. The Balaban J connectivity index is 1.33. The van der Waals surface area contributed by atoms with Gasteiger partial charge >= 0.3 is 6.03 Å². The lowest BCUT2D eigenvalue weighted by atomic mass is 10.0. The molecule has 0 atom stereocenters. The molecule has 170 valence electrons. The molecule has 0 unspecified atom stereocenters. The van der Waals surface area contributed by atoms with Gasteiger partial charge in [-0.15, -0.1) is 0 Å². The number of anilines is 1. The first kappa shape index (κ1) is 21.9. The smallest absolute Gasteiger partial charge is 0.321 e. The first-order chi connectivity index (χ1) is 16.6. The fourth-order valence-electron chi connectivity index (χ4n) is 4.16. The molecule has 1 aromatic heterocycles. The van der Waals surface area contributed by atoms with Crippen molar-refractivity contribution in [1.29, 1.82) is 0 Å². The van der Waals surface area contributed by atoms with E-state index in [9.17, 15) is 9.59 Å². The summed E-state index contributed by atoms with van der Waals surface area (Å²) < 4.78 is 0. The zero-order valence-electron chi connectivity index (χ0n) is 18.4. The zero-order valence-corrected chi connectivity index (χ0v) is 19.2. The monoisotopic (exact) mass is 470 g/mol. The number of rotatable bonds is 3. The molecule has 1 fully saturated rings. The molecule has 3 aromatic carbocycles. The summed E-state index contributed by atoms with van der Waals surface area (Å²) in [5.41, 5.74) is 3.78. The van der Waals surface area contributed by atoms with Crippen molar-refractivity contribution in [2.45, 2.75) is 0 Å². The predicted octanol–water partition coefficient (Wildman–Crippen LogP) is 5.55. The molecule has 1 aliphatic rings. The van der Waals surface area contributed by atoms with E-state index in [1.807, 2.05) is 60.7 Å². The van der Waals surface area contributed by atoms with Gasteiger partial charge in [-0.05, 0) is 30.3 Å². The van der Waals surface area contributed by atoms with E-state index in [0.717, 1.165) is 22.2 Å². The van der Waals surface area contributed by atoms with Gasteiger partial charge in [0.05, 0.1) is 16.8 Å². The van der Waals surface area contributed by atoms with E-state index in [2.05, 4.69) is 5.32 Å². The maximum absolute atomic E-state index is 13.6. The van der Waals surface area contributed by atoms with Gasteiger partial charge in [-0.3, -0.25) is 4.79 Å². The number of urea groups is 1. The number of amides is 3. The Morgan fingerprint density at radius 3 is 2.26 bits per heavy atom. The average molecular weight is 471 g/mol. The van der Waals surface area contributed by atoms with E-state index in [1.54, 1.807) is 34.1 Å². The first-order valence-corrected chi connectivity index (χ1v) is 11.5. The van der Waals surface area contributed by atoms with Crippen LogP contribution in [0.2, 0.25) is 5.02 Å². The number of para-hydroxylation sites is 1. The molecule has 2 heterocycles. The third-order valence-corrected chi connectivity index (χ3v) is 6.18. The fourth-order valence-corrected chi connectivity index (χ4v) is 4.35. The number of fused-ring (bicyclic) bond motifs is 1. The summed E-state index contributed by atoms with van der Waals surface area (Å²) in [6.45, 7) is 1.82. The highest BCUT2D eigenvalue weighted by Crippen LogP contribution is 2.26. The van der Waals surface area contributed by atoms with E-state index in [0.29, 0.717) is 42.5 Å². The number of benzene rings is 3. The predicted molar refractivity (Wildman–Crippen MR) is 135 cm³/mol. The fraction of sp³-hybridized carbons (Fsp3) is 0.148. The van der Waals surface area contributed by atoms with Gasteiger partial charge in [0.15, 0.2) is 0 Å². The summed E-state index contributed by atoms with van der Waals surface area (Å²) >= 11 is 6.00. The quantitative estimate of drug-likeness (QED) is 0.427. The van der Waals surface area contributed by atoms with Gasteiger partial charge in [0.25, 0.3) is 5.91 Å². The Labute approximate surface area is 202 Å². The molecular formula is C27H23ClN4O2. The summed E-state index contributed by atoms with van der Waals surface area (Å²) in [5, 5.41) is 4.26. The lowest BCUT2D eigenvalue weighted by molar-refractivity contribution is 0.0673. The lowest BCUT2D eigenvalue weighted by Gasteiger charge is -2.35. The van der Waals surface area contributed by atoms with E-state index in [1.165, 1.54) is 0 Å². The topological polar surface area (TPSA) is 65.5 Å². The maximum Gasteiger partial charge on any atom is 0.321 e. The highest BCUT2D eigenvalue weighted by atomic mass is 35.5. The van der Waals surface area contributed by atoms with Gasteiger partial charge in [-0.1, -0.05) is 66.2 Å². The van der Waals surface area contributed by atoms with E-state index in [4.69, 9.17) is 16.6 Å². The van der Waals surface area contributed by atoms with Gasteiger partial charge in [0.1, 0.15) is 0 Å². The van der Waals surface area contributed by atoms with Crippen molar-refractivity contribution in [3.63, 3.8) is 0 Å². The van der Waals surface area contributed by atoms with Crippen LogP contribution in [0.3, 0.4) is 0 Å². The SMILES string of the molecule is O=C(Nc1cccc(Cl)c1)N1CCN(C(=O)c2cc(-c3ccccc3)nc3ccccc23)CC1. The minimum Gasteiger partial charge on any atom is -0.335 e. The molecule has 0 bridgehead atoms. The normalized spacial score (nSPS) is 13.7. The standard InChI is InChI=1S/C27H23ClN4O2/c28-20-9-6-10-21(17-20)29-27(34)32-15-13-31(14-16-32)26(33)23-18-25(19-7-2-1-3-8-19)30-24-12-5-4-11-22(23)24/h1-12,17-18H,13-16H2,(H,29,34). The third kappa shape index (κ3) is 4.58. The lowest BCUT2D eigenvalue weighted by Crippen LogP contribution is -2.51. The van der Waals surface area contributed by atoms with Crippen molar-refractivity contribution in [3.8, 4) is 11.3 Å². The zero-order chi connectivity index (χ0) is 23.5. The second-order valence-electron chi connectivity index (χ2n) is 8.16. The van der Waals surface area contributed by atoms with Crippen molar-refractivity contribution in [3.05, 3.63) is 95.5 Å². The van der Waals surface area contributed by atoms with Crippen LogP contribution in [0.5, 0.6) is 0 Å². The Morgan fingerprint density at radius 2 is 1.50 bits per heavy atom. The molecule has 6 nitrogen and oxygen atoms in total. The number of aromatic nitrogens is 1. The van der Waals surface area contributed by atoms with Gasteiger partial charge in [-0.2, -0.15) is 0 Å². The number of nitrogens with one attached hydrogen (secondary N) is 1. The summed E-state index contributed by atoms with van der Waals surface area (Å²) in [7, 11) is 0. The van der Waals surface area contributed by atoms with Crippen molar-refractivity contribution in [2.75, 3.05) is 31.5 Å².